The van der Waals surface area contributed by atoms with E-state index in [0.29, 0.717) is 23.0 Å². The Kier molecular flexibility index (Phi) is 4.56. The van der Waals surface area contributed by atoms with Gasteiger partial charge in [-0.3, -0.25) is 14.4 Å². The fourth-order valence-corrected chi connectivity index (χ4v) is 1.77. The van der Waals surface area contributed by atoms with Crippen molar-refractivity contribution < 1.29 is 4.79 Å². The van der Waals surface area contributed by atoms with Gasteiger partial charge in [0.2, 0.25) is 0 Å². The van der Waals surface area contributed by atoms with Gasteiger partial charge in [-0.1, -0.05) is 0 Å². The van der Waals surface area contributed by atoms with E-state index in [9.17, 15) is 4.79 Å². The third-order valence-corrected chi connectivity index (χ3v) is 2.94. The summed E-state index contributed by atoms with van der Waals surface area (Å²) in [5.74, 6) is 0. The lowest BCUT2D eigenvalue weighted by Crippen LogP contribution is -2.31. The van der Waals surface area contributed by atoms with Crippen molar-refractivity contribution in [1.29, 1.82) is 0 Å². The quantitative estimate of drug-likeness (QED) is 0.380. The summed E-state index contributed by atoms with van der Waals surface area (Å²) in [5.41, 5.74) is 1.94. The van der Waals surface area contributed by atoms with Crippen LogP contribution in [0.3, 0.4) is 0 Å². The van der Waals surface area contributed by atoms with Gasteiger partial charge in [-0.25, -0.2) is 4.98 Å². The molecule has 1 aromatic heterocycles. The van der Waals surface area contributed by atoms with Crippen molar-refractivity contribution in [3.05, 3.63) is 42.5 Å². The van der Waals surface area contributed by atoms with E-state index in [0.717, 1.165) is 12.0 Å². The van der Waals surface area contributed by atoms with E-state index < -0.39 is 0 Å². The summed E-state index contributed by atoms with van der Waals surface area (Å²) in [7, 11) is 0. The van der Waals surface area contributed by atoms with Crippen LogP contribution in [0.1, 0.15) is 10.4 Å². The molecule has 0 radical (unpaired) electrons. The Balaban J connectivity index is 1.95. The zero-order valence-electron chi connectivity index (χ0n) is 10.6. The number of anilines is 1. The molecule has 0 bridgehead atoms. The molecule has 0 aliphatic heterocycles. The van der Waals surface area contributed by atoms with Crippen molar-refractivity contribution in [2.45, 2.75) is 0 Å². The Hall–Kier alpha value is -2.54. The number of benzene rings is 1. The molecule has 0 aliphatic carbocycles. The largest absolute Gasteiger partial charge is 0.366 e. The molecule has 0 aliphatic rings. The van der Waals surface area contributed by atoms with Crippen molar-refractivity contribution in [2.75, 3.05) is 12.0 Å². The van der Waals surface area contributed by atoms with Crippen LogP contribution in [-0.2, 0) is 0 Å². The molecule has 102 valence electrons. The highest BCUT2D eigenvalue weighted by atomic mass is 32.1. The van der Waals surface area contributed by atoms with Crippen LogP contribution >= 0.6 is 12.2 Å². The van der Waals surface area contributed by atoms with E-state index in [4.69, 9.17) is 12.2 Å². The van der Waals surface area contributed by atoms with Crippen LogP contribution in [0.2, 0.25) is 0 Å². The minimum atomic E-state index is 0.417. The number of aliphatic imine (C=N–C) groups is 1. The van der Waals surface area contributed by atoms with E-state index in [-0.39, 0.29) is 0 Å². The molecule has 1 heterocycles. The maximum atomic E-state index is 10.7. The van der Waals surface area contributed by atoms with E-state index in [1.807, 2.05) is 0 Å². The Morgan fingerprint density at radius 2 is 2.40 bits per heavy atom. The second kappa shape index (κ2) is 6.58. The van der Waals surface area contributed by atoms with Gasteiger partial charge >= 0.3 is 0 Å². The van der Waals surface area contributed by atoms with Crippen LogP contribution in [-0.4, -0.2) is 34.3 Å². The minimum Gasteiger partial charge on any atom is -0.366 e. The van der Waals surface area contributed by atoms with Gasteiger partial charge in [0.15, 0.2) is 5.11 Å². The zero-order valence-corrected chi connectivity index (χ0v) is 11.4. The second-order valence-electron chi connectivity index (χ2n) is 3.86. The molecule has 20 heavy (non-hydrogen) atoms. The number of aromatic nitrogens is 2. The topological polar surface area (TPSA) is 71.3 Å². The minimum absolute atomic E-state index is 0.417. The normalized spacial score (nSPS) is 9.80. The Bertz CT molecular complexity index is 624. The van der Waals surface area contributed by atoms with Crippen molar-refractivity contribution in [2.24, 2.45) is 4.99 Å². The maximum absolute atomic E-state index is 10.7. The molecule has 0 saturated carbocycles. The van der Waals surface area contributed by atoms with Crippen LogP contribution in [0.15, 0.2) is 41.9 Å². The first-order valence-electron chi connectivity index (χ1n) is 5.80. The fraction of sp³-hybridized carbons (Fsp3) is 0.0769. The van der Waals surface area contributed by atoms with Crippen LogP contribution < -0.4 is 10.6 Å². The van der Waals surface area contributed by atoms with Gasteiger partial charge in [-0.15, -0.1) is 0 Å². The molecule has 0 fully saturated rings. The van der Waals surface area contributed by atoms with E-state index in [1.165, 1.54) is 0 Å². The predicted molar refractivity (Wildman–Crippen MR) is 82.9 cm³/mol. The molecular weight excluding hydrogens is 274 g/mol. The van der Waals surface area contributed by atoms with Gasteiger partial charge in [-0.05, 0) is 37.1 Å². The number of nitrogens with zero attached hydrogens (tertiary/aromatic N) is 3. The number of carbonyl (C=O) groups excluding carboxylic acids is 1. The van der Waals surface area contributed by atoms with E-state index in [1.54, 1.807) is 41.5 Å². The maximum Gasteiger partial charge on any atom is 0.179 e. The standard InChI is InChI=1S/C13H13N5OS/c1-14-12-6-10(7-19)2-3-11(12)16-8-17-13(20)18-5-4-15-9-18/h2-7,9,16H,1,8H2,(H,17,20). The van der Waals surface area contributed by atoms with Gasteiger partial charge in [0.25, 0.3) is 0 Å². The fourth-order valence-electron chi connectivity index (χ4n) is 1.59. The van der Waals surface area contributed by atoms with E-state index in [2.05, 4.69) is 27.3 Å². The molecular formula is C13H13N5OS. The molecule has 2 rings (SSSR count). The van der Waals surface area contributed by atoms with Crippen molar-refractivity contribution in [1.82, 2.24) is 14.9 Å². The average Bonchev–Trinajstić information content (AvgIpc) is 3.01. The lowest BCUT2D eigenvalue weighted by atomic mass is 10.2. The molecule has 2 N–H and O–H groups in total. The molecule has 0 unspecified atom stereocenters. The van der Waals surface area contributed by atoms with Crippen molar-refractivity contribution in [3.63, 3.8) is 0 Å². The molecule has 6 nitrogen and oxygen atoms in total. The highest BCUT2D eigenvalue weighted by Crippen LogP contribution is 2.24. The van der Waals surface area contributed by atoms with Crippen molar-refractivity contribution in [3.8, 4) is 0 Å². The summed E-state index contributed by atoms with van der Waals surface area (Å²) in [5, 5.41) is 6.69. The molecule has 0 atom stereocenters. The number of hydrogen-bond acceptors (Lipinski definition) is 5. The SMILES string of the molecule is C=Nc1cc(C=O)ccc1NCNC(=S)n1ccnc1. The highest BCUT2D eigenvalue weighted by Gasteiger charge is 2.02. The number of imidazole rings is 1. The molecule has 0 spiro atoms. The smallest absolute Gasteiger partial charge is 0.179 e. The van der Waals surface area contributed by atoms with Gasteiger partial charge < -0.3 is 10.6 Å². The molecule has 0 saturated heterocycles. The van der Waals surface area contributed by atoms with Gasteiger partial charge in [0.1, 0.15) is 12.6 Å². The average molecular weight is 287 g/mol. The Labute approximate surface area is 121 Å². The highest BCUT2D eigenvalue weighted by molar-refractivity contribution is 7.80. The Morgan fingerprint density at radius 1 is 1.55 bits per heavy atom. The van der Waals surface area contributed by atoms with Crippen LogP contribution in [0.4, 0.5) is 11.4 Å². The number of hydrogen-bond donors (Lipinski definition) is 2. The number of aldehydes is 1. The second-order valence-corrected chi connectivity index (χ2v) is 4.24. The van der Waals surface area contributed by atoms with Gasteiger partial charge in [0, 0.05) is 18.0 Å². The number of nitrogens with one attached hydrogen (secondary N) is 2. The van der Waals surface area contributed by atoms with Gasteiger partial charge in [-0.2, -0.15) is 0 Å². The summed E-state index contributed by atoms with van der Waals surface area (Å²) in [4.78, 5) is 18.5. The summed E-state index contributed by atoms with van der Waals surface area (Å²) in [6, 6.07) is 5.14. The third kappa shape index (κ3) is 3.27. The molecule has 2 aromatic rings. The molecule has 1 aromatic carbocycles. The lowest BCUT2D eigenvalue weighted by molar-refractivity contribution is 0.112. The van der Waals surface area contributed by atoms with Gasteiger partial charge in [0.05, 0.1) is 18.0 Å². The number of thiocarbonyl (C=S) groups is 1. The molecule has 7 heteroatoms. The van der Waals surface area contributed by atoms with Crippen LogP contribution in [0, 0.1) is 0 Å². The van der Waals surface area contributed by atoms with Crippen LogP contribution in [0.5, 0.6) is 0 Å². The molecule has 0 amide bonds. The summed E-state index contributed by atoms with van der Waals surface area (Å²) in [6.45, 7) is 3.90. The first kappa shape index (κ1) is 13.9. The summed E-state index contributed by atoms with van der Waals surface area (Å²) in [6.07, 6.45) is 5.79. The number of rotatable bonds is 5. The first-order chi connectivity index (χ1) is 9.74. The lowest BCUT2D eigenvalue weighted by Gasteiger charge is -2.12. The summed E-state index contributed by atoms with van der Waals surface area (Å²) < 4.78 is 1.69. The number of carbonyl (C=O) groups is 1. The third-order valence-electron chi connectivity index (χ3n) is 2.59. The summed E-state index contributed by atoms with van der Waals surface area (Å²) >= 11 is 5.18. The van der Waals surface area contributed by atoms with Crippen molar-refractivity contribution >= 4 is 41.7 Å². The monoisotopic (exact) mass is 287 g/mol. The predicted octanol–water partition coefficient (Wildman–Crippen LogP) is 1.82. The Morgan fingerprint density at radius 3 is 3.05 bits per heavy atom. The van der Waals surface area contributed by atoms with E-state index >= 15 is 0 Å². The van der Waals surface area contributed by atoms with Crippen LogP contribution in [0.25, 0.3) is 0 Å². The zero-order chi connectivity index (χ0) is 14.4. The first-order valence-corrected chi connectivity index (χ1v) is 6.21.